The van der Waals surface area contributed by atoms with Gasteiger partial charge in [-0.2, -0.15) is 13.2 Å². The molecule has 0 heterocycles. The summed E-state index contributed by atoms with van der Waals surface area (Å²) in [6, 6.07) is 3.46. The zero-order valence-corrected chi connectivity index (χ0v) is 18.7. The lowest BCUT2D eigenvalue weighted by molar-refractivity contribution is -0.145. The van der Waals surface area contributed by atoms with Gasteiger partial charge in [-0.1, -0.05) is 83.3 Å². The summed E-state index contributed by atoms with van der Waals surface area (Å²) in [5, 5.41) is 2.29. The van der Waals surface area contributed by atoms with Gasteiger partial charge in [0, 0.05) is 0 Å². The topological polar surface area (TPSA) is 55.4 Å². The molecular weight excluding hydrogens is 407 g/mol. The summed E-state index contributed by atoms with van der Waals surface area (Å²) >= 11 is 0. The maximum absolute atomic E-state index is 13.0. The van der Waals surface area contributed by atoms with Crippen molar-refractivity contribution >= 4 is 11.9 Å². The smallest absolute Gasteiger partial charge is 0.417 e. The van der Waals surface area contributed by atoms with Crippen molar-refractivity contribution in [3.05, 3.63) is 35.4 Å². The number of ether oxygens (including phenoxy) is 1. The number of unbranched alkanes of at least 4 members (excludes halogenated alkanes) is 10. The van der Waals surface area contributed by atoms with Crippen LogP contribution in [-0.4, -0.2) is 24.5 Å². The van der Waals surface area contributed by atoms with Crippen molar-refractivity contribution < 1.29 is 27.5 Å². The van der Waals surface area contributed by atoms with Crippen LogP contribution < -0.4 is 5.32 Å². The summed E-state index contributed by atoms with van der Waals surface area (Å²) in [5.74, 6) is -1.60. The average molecular weight is 444 g/mol. The summed E-state index contributed by atoms with van der Waals surface area (Å²) in [5.41, 5.74) is -1.55. The van der Waals surface area contributed by atoms with Gasteiger partial charge in [-0.05, 0) is 25.5 Å². The summed E-state index contributed by atoms with van der Waals surface area (Å²) in [7, 11) is 0. The Morgan fingerprint density at radius 3 is 1.97 bits per heavy atom. The number of carbonyl (C=O) groups excluding carboxylic acids is 2. The molecule has 0 bridgehead atoms. The van der Waals surface area contributed by atoms with Crippen LogP contribution in [0.5, 0.6) is 0 Å². The molecule has 4 nitrogen and oxygen atoms in total. The summed E-state index contributed by atoms with van der Waals surface area (Å²) in [6.07, 6.45) is 8.35. The third kappa shape index (κ3) is 11.2. The number of benzene rings is 1. The van der Waals surface area contributed by atoms with Crippen molar-refractivity contribution in [3.8, 4) is 0 Å². The molecule has 0 aromatic heterocycles. The Morgan fingerprint density at radius 1 is 0.903 bits per heavy atom. The first-order chi connectivity index (χ1) is 14.8. The molecule has 1 atom stereocenters. The molecule has 1 N–H and O–H groups in total. The van der Waals surface area contributed by atoms with E-state index >= 15 is 0 Å². The summed E-state index contributed by atoms with van der Waals surface area (Å²) in [6.45, 7) is 3.86. The molecule has 1 rings (SSSR count). The Labute approximate surface area is 183 Å². The van der Waals surface area contributed by atoms with Gasteiger partial charge in [0.15, 0.2) is 0 Å². The molecule has 0 radical (unpaired) electrons. The Morgan fingerprint density at radius 2 is 1.42 bits per heavy atom. The molecule has 176 valence electrons. The summed E-state index contributed by atoms with van der Waals surface area (Å²) < 4.78 is 44.2. The van der Waals surface area contributed by atoms with Crippen LogP contribution in [0.15, 0.2) is 24.3 Å². The number of nitrogens with one attached hydrogen (secondary N) is 1. The van der Waals surface area contributed by atoms with Crippen molar-refractivity contribution in [1.82, 2.24) is 5.32 Å². The first-order valence-corrected chi connectivity index (χ1v) is 11.4. The second kappa shape index (κ2) is 14.9. The molecule has 0 fully saturated rings. The maximum atomic E-state index is 13.0. The highest BCUT2D eigenvalue weighted by Gasteiger charge is 2.35. The standard InChI is InChI=1S/C24H36F3NO3/c1-3-4-5-6-7-8-9-10-11-12-15-18-31-23(30)19(2)28-22(29)20-16-13-14-17-21(20)24(25,26)27/h13-14,16-17,19H,3-12,15,18H2,1-2H3,(H,28,29)/t19-/m0/s1. The Bertz CT molecular complexity index is 662. The molecular formula is C24H36F3NO3. The number of halogens is 3. The third-order valence-corrected chi connectivity index (χ3v) is 5.17. The Kier molecular flexibility index (Phi) is 12.9. The van der Waals surface area contributed by atoms with Crippen molar-refractivity contribution in [2.24, 2.45) is 0 Å². The normalized spacial score (nSPS) is 12.4. The van der Waals surface area contributed by atoms with E-state index in [0.717, 1.165) is 31.4 Å². The minimum atomic E-state index is -4.65. The van der Waals surface area contributed by atoms with Crippen LogP contribution in [0.4, 0.5) is 13.2 Å². The lowest BCUT2D eigenvalue weighted by Gasteiger charge is -2.16. The monoisotopic (exact) mass is 443 g/mol. The molecule has 31 heavy (non-hydrogen) atoms. The van der Waals surface area contributed by atoms with E-state index in [9.17, 15) is 22.8 Å². The molecule has 1 amide bonds. The van der Waals surface area contributed by atoms with Gasteiger partial charge in [-0.25, -0.2) is 4.79 Å². The van der Waals surface area contributed by atoms with Crippen LogP contribution in [0.2, 0.25) is 0 Å². The minimum absolute atomic E-state index is 0.245. The van der Waals surface area contributed by atoms with Gasteiger partial charge in [0.05, 0.1) is 17.7 Å². The van der Waals surface area contributed by atoms with E-state index in [1.807, 2.05) is 0 Å². The lowest BCUT2D eigenvalue weighted by Crippen LogP contribution is -2.40. The number of esters is 1. The van der Waals surface area contributed by atoms with Gasteiger partial charge in [-0.3, -0.25) is 4.79 Å². The first-order valence-electron chi connectivity index (χ1n) is 11.4. The average Bonchev–Trinajstić information content (AvgIpc) is 2.73. The fourth-order valence-corrected chi connectivity index (χ4v) is 3.33. The molecule has 0 aliphatic carbocycles. The molecule has 1 aromatic rings. The second-order valence-corrected chi connectivity index (χ2v) is 7.94. The van der Waals surface area contributed by atoms with Gasteiger partial charge in [0.1, 0.15) is 6.04 Å². The molecule has 0 spiro atoms. The molecule has 0 unspecified atom stereocenters. The van der Waals surface area contributed by atoms with Gasteiger partial charge in [0.2, 0.25) is 0 Å². The van der Waals surface area contributed by atoms with Gasteiger partial charge in [0.25, 0.3) is 5.91 Å². The van der Waals surface area contributed by atoms with E-state index in [0.29, 0.717) is 0 Å². The van der Waals surface area contributed by atoms with Gasteiger partial charge in [-0.15, -0.1) is 0 Å². The number of amides is 1. The van der Waals surface area contributed by atoms with E-state index in [1.54, 1.807) is 0 Å². The number of hydrogen-bond donors (Lipinski definition) is 1. The lowest BCUT2D eigenvalue weighted by atomic mass is 10.1. The quantitative estimate of drug-likeness (QED) is 0.243. The fourth-order valence-electron chi connectivity index (χ4n) is 3.33. The second-order valence-electron chi connectivity index (χ2n) is 7.94. The van der Waals surface area contributed by atoms with E-state index in [4.69, 9.17) is 4.74 Å². The van der Waals surface area contributed by atoms with Crippen LogP contribution in [0.25, 0.3) is 0 Å². The van der Waals surface area contributed by atoms with Crippen LogP contribution in [0.1, 0.15) is 100 Å². The van der Waals surface area contributed by atoms with E-state index in [1.165, 1.54) is 70.4 Å². The van der Waals surface area contributed by atoms with Gasteiger partial charge >= 0.3 is 12.1 Å². The zero-order valence-electron chi connectivity index (χ0n) is 18.7. The molecule has 1 aromatic carbocycles. The number of alkyl halides is 3. The molecule has 0 saturated heterocycles. The molecule has 7 heteroatoms. The highest BCUT2D eigenvalue weighted by molar-refractivity contribution is 5.98. The van der Waals surface area contributed by atoms with Crippen molar-refractivity contribution in [3.63, 3.8) is 0 Å². The van der Waals surface area contributed by atoms with Crippen molar-refractivity contribution in [2.75, 3.05) is 6.61 Å². The van der Waals surface area contributed by atoms with Crippen LogP contribution in [0.3, 0.4) is 0 Å². The van der Waals surface area contributed by atoms with Crippen molar-refractivity contribution in [1.29, 1.82) is 0 Å². The highest BCUT2D eigenvalue weighted by atomic mass is 19.4. The zero-order chi connectivity index (χ0) is 23.1. The summed E-state index contributed by atoms with van der Waals surface area (Å²) in [4.78, 5) is 24.2. The largest absolute Gasteiger partial charge is 0.464 e. The highest BCUT2D eigenvalue weighted by Crippen LogP contribution is 2.31. The van der Waals surface area contributed by atoms with Crippen LogP contribution in [0, 0.1) is 0 Å². The van der Waals surface area contributed by atoms with E-state index < -0.39 is 35.2 Å². The molecule has 0 aliphatic rings. The van der Waals surface area contributed by atoms with Crippen LogP contribution in [-0.2, 0) is 15.7 Å². The maximum Gasteiger partial charge on any atom is 0.417 e. The van der Waals surface area contributed by atoms with Crippen LogP contribution >= 0.6 is 0 Å². The Hall–Kier alpha value is -2.05. The number of rotatable bonds is 15. The third-order valence-electron chi connectivity index (χ3n) is 5.17. The minimum Gasteiger partial charge on any atom is -0.464 e. The fraction of sp³-hybridized carbons (Fsp3) is 0.667. The predicted molar refractivity (Wildman–Crippen MR) is 116 cm³/mol. The SMILES string of the molecule is CCCCCCCCCCCCCOC(=O)[C@H](C)NC(=O)c1ccccc1C(F)(F)F. The Balaban J connectivity index is 2.20. The van der Waals surface area contributed by atoms with E-state index in [-0.39, 0.29) is 6.61 Å². The predicted octanol–water partition coefficient (Wildman–Crippen LogP) is 6.68. The number of carbonyl (C=O) groups is 2. The number of hydrogen-bond acceptors (Lipinski definition) is 3. The van der Waals surface area contributed by atoms with E-state index in [2.05, 4.69) is 12.2 Å². The first kappa shape index (κ1) is 27.0. The molecule has 0 aliphatic heterocycles. The van der Waals surface area contributed by atoms with Gasteiger partial charge < -0.3 is 10.1 Å². The molecule has 0 saturated carbocycles. The van der Waals surface area contributed by atoms with Crippen molar-refractivity contribution in [2.45, 2.75) is 96.7 Å².